The molecule has 0 radical (unpaired) electrons. The molecule has 0 spiro atoms. The molecule has 1 heterocycles. The van der Waals surface area contributed by atoms with Crippen LogP contribution in [0.1, 0.15) is 12.7 Å². The molecular weight excluding hydrogens is 214 g/mol. The van der Waals surface area contributed by atoms with E-state index >= 15 is 0 Å². The fourth-order valence-corrected chi connectivity index (χ4v) is 1.55. The quantitative estimate of drug-likeness (QED) is 0.740. The Balaban J connectivity index is 2.13. The van der Waals surface area contributed by atoms with Crippen molar-refractivity contribution >= 4 is 0 Å². The molecule has 0 fully saturated rings. The Labute approximate surface area is 105 Å². The molecule has 0 bridgehead atoms. The maximum atomic E-state index is 5.27. The van der Waals surface area contributed by atoms with Crippen molar-refractivity contribution in [3.8, 4) is 0 Å². The standard InChI is InChI=1S/C13H25N3O/c1-12(16(4)8-7-15(2)3)10-14-11-13-6-5-9-17-13/h5-6,9,12,14H,7-8,10-11H2,1-4H3. The lowest BCUT2D eigenvalue weighted by molar-refractivity contribution is 0.223. The number of nitrogens with one attached hydrogen (secondary N) is 1. The molecule has 0 amide bonds. The molecule has 0 saturated heterocycles. The highest BCUT2D eigenvalue weighted by molar-refractivity contribution is 4.97. The van der Waals surface area contributed by atoms with Crippen molar-refractivity contribution in [2.75, 3.05) is 40.8 Å². The molecule has 0 aliphatic heterocycles. The van der Waals surface area contributed by atoms with Gasteiger partial charge >= 0.3 is 0 Å². The van der Waals surface area contributed by atoms with Gasteiger partial charge in [-0.05, 0) is 40.2 Å². The number of nitrogens with zero attached hydrogens (tertiary/aromatic N) is 2. The minimum Gasteiger partial charge on any atom is -0.468 e. The third-order valence-corrected chi connectivity index (χ3v) is 2.97. The second-order valence-electron chi connectivity index (χ2n) is 4.84. The zero-order chi connectivity index (χ0) is 12.7. The molecule has 1 aromatic rings. The van der Waals surface area contributed by atoms with Crippen LogP contribution in [0.3, 0.4) is 0 Å². The van der Waals surface area contributed by atoms with E-state index in [2.05, 4.69) is 43.2 Å². The van der Waals surface area contributed by atoms with E-state index in [1.165, 1.54) is 0 Å². The van der Waals surface area contributed by atoms with Crippen molar-refractivity contribution in [1.29, 1.82) is 0 Å². The minimum atomic E-state index is 0.532. The van der Waals surface area contributed by atoms with Crippen LogP contribution in [-0.4, -0.2) is 56.6 Å². The minimum absolute atomic E-state index is 0.532. The Hall–Kier alpha value is -0.840. The number of rotatable bonds is 8. The van der Waals surface area contributed by atoms with E-state index in [1.54, 1.807) is 6.26 Å². The first-order valence-electron chi connectivity index (χ1n) is 6.17. The Morgan fingerprint density at radius 1 is 1.29 bits per heavy atom. The number of hydrogen-bond donors (Lipinski definition) is 1. The Morgan fingerprint density at radius 2 is 2.06 bits per heavy atom. The van der Waals surface area contributed by atoms with Crippen LogP contribution in [0.4, 0.5) is 0 Å². The van der Waals surface area contributed by atoms with E-state index in [0.717, 1.165) is 31.9 Å². The zero-order valence-electron chi connectivity index (χ0n) is 11.4. The molecule has 0 saturated carbocycles. The first-order valence-corrected chi connectivity index (χ1v) is 6.17. The van der Waals surface area contributed by atoms with Crippen molar-refractivity contribution in [3.05, 3.63) is 24.2 Å². The van der Waals surface area contributed by atoms with Gasteiger partial charge in [0.25, 0.3) is 0 Å². The topological polar surface area (TPSA) is 31.7 Å². The second-order valence-corrected chi connectivity index (χ2v) is 4.84. The van der Waals surface area contributed by atoms with Gasteiger partial charge < -0.3 is 19.5 Å². The second kappa shape index (κ2) is 7.48. The van der Waals surface area contributed by atoms with Crippen LogP contribution in [0.2, 0.25) is 0 Å². The summed E-state index contributed by atoms with van der Waals surface area (Å²) in [5.74, 6) is 0.994. The summed E-state index contributed by atoms with van der Waals surface area (Å²) in [7, 11) is 6.38. The molecule has 0 aromatic carbocycles. The largest absolute Gasteiger partial charge is 0.468 e. The van der Waals surface area contributed by atoms with Crippen molar-refractivity contribution in [1.82, 2.24) is 15.1 Å². The predicted octanol–water partition coefficient (Wildman–Crippen LogP) is 1.25. The van der Waals surface area contributed by atoms with Gasteiger partial charge in [-0.3, -0.25) is 0 Å². The summed E-state index contributed by atoms with van der Waals surface area (Å²) >= 11 is 0. The molecule has 98 valence electrons. The van der Waals surface area contributed by atoms with Gasteiger partial charge in [-0.2, -0.15) is 0 Å². The molecule has 0 aliphatic carbocycles. The van der Waals surface area contributed by atoms with Crippen LogP contribution in [0.5, 0.6) is 0 Å². The molecule has 0 aliphatic rings. The maximum Gasteiger partial charge on any atom is 0.117 e. The fraction of sp³-hybridized carbons (Fsp3) is 0.692. The molecular formula is C13H25N3O. The molecule has 1 atom stereocenters. The third-order valence-electron chi connectivity index (χ3n) is 2.97. The molecule has 4 nitrogen and oxygen atoms in total. The Kier molecular flexibility index (Phi) is 6.26. The Morgan fingerprint density at radius 3 is 2.65 bits per heavy atom. The fourth-order valence-electron chi connectivity index (χ4n) is 1.55. The Bertz CT molecular complexity index is 285. The first kappa shape index (κ1) is 14.2. The maximum absolute atomic E-state index is 5.27. The number of furan rings is 1. The summed E-state index contributed by atoms with van der Waals surface area (Å²) in [5.41, 5.74) is 0. The van der Waals surface area contributed by atoms with E-state index in [9.17, 15) is 0 Å². The molecule has 17 heavy (non-hydrogen) atoms. The van der Waals surface area contributed by atoms with Crippen LogP contribution in [-0.2, 0) is 6.54 Å². The monoisotopic (exact) mass is 239 g/mol. The highest BCUT2D eigenvalue weighted by atomic mass is 16.3. The zero-order valence-corrected chi connectivity index (χ0v) is 11.4. The third kappa shape index (κ3) is 5.86. The number of likely N-dealkylation sites (N-methyl/N-ethyl adjacent to an activating group) is 2. The van der Waals surface area contributed by atoms with Crippen LogP contribution in [0, 0.1) is 0 Å². The van der Waals surface area contributed by atoms with E-state index < -0.39 is 0 Å². The van der Waals surface area contributed by atoms with E-state index in [1.807, 2.05) is 12.1 Å². The summed E-state index contributed by atoms with van der Waals surface area (Å²) in [6.07, 6.45) is 1.71. The smallest absolute Gasteiger partial charge is 0.117 e. The lowest BCUT2D eigenvalue weighted by atomic mass is 10.3. The van der Waals surface area contributed by atoms with Crippen LogP contribution < -0.4 is 5.32 Å². The summed E-state index contributed by atoms with van der Waals surface area (Å²) < 4.78 is 5.27. The van der Waals surface area contributed by atoms with Crippen LogP contribution >= 0.6 is 0 Å². The van der Waals surface area contributed by atoms with Crippen molar-refractivity contribution < 1.29 is 4.42 Å². The van der Waals surface area contributed by atoms with Crippen LogP contribution in [0.25, 0.3) is 0 Å². The van der Waals surface area contributed by atoms with Gasteiger partial charge in [-0.25, -0.2) is 0 Å². The van der Waals surface area contributed by atoms with Crippen LogP contribution in [0.15, 0.2) is 22.8 Å². The van der Waals surface area contributed by atoms with Crippen molar-refractivity contribution in [2.45, 2.75) is 19.5 Å². The van der Waals surface area contributed by atoms with Gasteiger partial charge in [0.2, 0.25) is 0 Å². The lowest BCUT2D eigenvalue weighted by Crippen LogP contribution is -2.40. The summed E-state index contributed by atoms with van der Waals surface area (Å²) in [6.45, 7) is 6.21. The van der Waals surface area contributed by atoms with Gasteiger partial charge in [-0.1, -0.05) is 0 Å². The molecule has 1 N–H and O–H groups in total. The summed E-state index contributed by atoms with van der Waals surface area (Å²) in [4.78, 5) is 4.58. The average Bonchev–Trinajstić information content (AvgIpc) is 2.78. The first-order chi connectivity index (χ1) is 8.09. The van der Waals surface area contributed by atoms with Gasteiger partial charge in [0, 0.05) is 25.7 Å². The molecule has 1 aromatic heterocycles. The molecule has 1 rings (SSSR count). The van der Waals surface area contributed by atoms with Crippen molar-refractivity contribution in [3.63, 3.8) is 0 Å². The predicted molar refractivity (Wildman–Crippen MR) is 71.1 cm³/mol. The van der Waals surface area contributed by atoms with Gasteiger partial charge in [0.1, 0.15) is 5.76 Å². The van der Waals surface area contributed by atoms with E-state index in [4.69, 9.17) is 4.42 Å². The van der Waals surface area contributed by atoms with Gasteiger partial charge in [-0.15, -0.1) is 0 Å². The van der Waals surface area contributed by atoms with Crippen molar-refractivity contribution in [2.24, 2.45) is 0 Å². The van der Waals surface area contributed by atoms with E-state index in [-0.39, 0.29) is 0 Å². The highest BCUT2D eigenvalue weighted by Crippen LogP contribution is 1.99. The summed E-state index contributed by atoms with van der Waals surface area (Å²) in [5, 5.41) is 3.41. The van der Waals surface area contributed by atoms with Gasteiger partial charge in [0.15, 0.2) is 0 Å². The molecule has 1 unspecified atom stereocenters. The average molecular weight is 239 g/mol. The SMILES string of the molecule is CC(CNCc1ccco1)N(C)CCN(C)C. The normalized spacial score (nSPS) is 13.5. The number of hydrogen-bond acceptors (Lipinski definition) is 4. The highest BCUT2D eigenvalue weighted by Gasteiger charge is 2.08. The van der Waals surface area contributed by atoms with Gasteiger partial charge in [0.05, 0.1) is 12.8 Å². The molecule has 4 heteroatoms. The summed E-state index contributed by atoms with van der Waals surface area (Å²) in [6, 6.07) is 4.45. The van der Waals surface area contributed by atoms with E-state index in [0.29, 0.717) is 6.04 Å². The lowest BCUT2D eigenvalue weighted by Gasteiger charge is -2.26.